The van der Waals surface area contributed by atoms with Crippen molar-refractivity contribution in [1.29, 1.82) is 0 Å². The van der Waals surface area contributed by atoms with Crippen LogP contribution < -0.4 is 5.32 Å². The Kier molecular flexibility index (Phi) is 7.00. The Morgan fingerprint density at radius 2 is 1.71 bits per heavy atom. The fourth-order valence-corrected chi connectivity index (χ4v) is 3.93. The van der Waals surface area contributed by atoms with E-state index in [1.54, 1.807) is 5.32 Å². The smallest absolute Gasteiger partial charge is 0.461 e. The second kappa shape index (κ2) is 8.70. The standard InChI is InChI=1S/C18H15F8NO6S/c1-3-34(30,31)11-6-9(17(21,22)23)4-5-10(11)13(28)27-15(14(29)32-2)7-12(33-8-15)16(19,20)18(24,25)26/h4-7H,3,8H2,1-2H3,(H,27,28). The molecule has 1 atom stereocenters. The molecule has 1 aliphatic heterocycles. The van der Waals surface area contributed by atoms with E-state index in [0.717, 1.165) is 6.92 Å². The van der Waals surface area contributed by atoms with Crippen molar-refractivity contribution >= 4 is 21.7 Å². The highest BCUT2D eigenvalue weighted by molar-refractivity contribution is 7.91. The van der Waals surface area contributed by atoms with Crippen molar-refractivity contribution in [2.45, 2.75) is 35.6 Å². The number of esters is 1. The minimum atomic E-state index is -6.13. The van der Waals surface area contributed by atoms with Gasteiger partial charge >= 0.3 is 24.2 Å². The van der Waals surface area contributed by atoms with Crippen molar-refractivity contribution in [3.63, 3.8) is 0 Å². The lowest BCUT2D eigenvalue weighted by Crippen LogP contribution is -2.55. The molecular weight excluding hydrogens is 510 g/mol. The maximum atomic E-state index is 13.7. The Bertz CT molecular complexity index is 1130. The highest BCUT2D eigenvalue weighted by Gasteiger charge is 2.64. The number of sulfone groups is 1. The molecule has 0 saturated carbocycles. The lowest BCUT2D eigenvalue weighted by atomic mass is 9.99. The topological polar surface area (TPSA) is 98.8 Å². The summed E-state index contributed by atoms with van der Waals surface area (Å²) in [7, 11) is -3.78. The number of alkyl halides is 8. The van der Waals surface area contributed by atoms with Crippen molar-refractivity contribution in [3.8, 4) is 0 Å². The molecule has 34 heavy (non-hydrogen) atoms. The number of methoxy groups -OCH3 is 1. The molecule has 190 valence electrons. The summed E-state index contributed by atoms with van der Waals surface area (Å²) in [5.41, 5.74) is -5.14. The van der Waals surface area contributed by atoms with Crippen LogP contribution in [0, 0.1) is 0 Å². The zero-order valence-electron chi connectivity index (χ0n) is 17.1. The van der Waals surface area contributed by atoms with E-state index in [0.29, 0.717) is 19.2 Å². The monoisotopic (exact) mass is 525 g/mol. The number of amides is 1. The van der Waals surface area contributed by atoms with Crippen LogP contribution in [0.2, 0.25) is 0 Å². The minimum absolute atomic E-state index is 0.0533. The van der Waals surface area contributed by atoms with Crippen LogP contribution in [-0.4, -0.2) is 57.4 Å². The van der Waals surface area contributed by atoms with E-state index >= 15 is 0 Å². The summed E-state index contributed by atoms with van der Waals surface area (Å²) in [5, 5.41) is 1.75. The molecule has 7 nitrogen and oxygen atoms in total. The first-order chi connectivity index (χ1) is 15.3. The summed E-state index contributed by atoms with van der Waals surface area (Å²) in [6, 6.07) is 0.956. The molecule has 1 heterocycles. The normalized spacial score (nSPS) is 19.3. The first kappa shape index (κ1) is 27.3. The van der Waals surface area contributed by atoms with Gasteiger partial charge in [0.15, 0.2) is 21.1 Å². The number of carbonyl (C=O) groups is 2. The van der Waals surface area contributed by atoms with Crippen molar-refractivity contribution < 1.29 is 62.6 Å². The maximum Gasteiger partial charge on any atom is 0.461 e. The van der Waals surface area contributed by atoms with Gasteiger partial charge < -0.3 is 14.8 Å². The third kappa shape index (κ3) is 4.95. The average molecular weight is 525 g/mol. The zero-order chi connectivity index (χ0) is 26.3. The lowest BCUT2D eigenvalue weighted by molar-refractivity contribution is -0.275. The van der Waals surface area contributed by atoms with Crippen molar-refractivity contribution in [1.82, 2.24) is 5.32 Å². The van der Waals surface area contributed by atoms with Crippen molar-refractivity contribution in [2.75, 3.05) is 19.5 Å². The number of rotatable bonds is 6. The van der Waals surface area contributed by atoms with Gasteiger partial charge in [-0.15, -0.1) is 0 Å². The van der Waals surface area contributed by atoms with Crippen LogP contribution >= 0.6 is 0 Å². The Morgan fingerprint density at radius 1 is 1.12 bits per heavy atom. The van der Waals surface area contributed by atoms with Crippen LogP contribution in [0.4, 0.5) is 35.1 Å². The van der Waals surface area contributed by atoms with E-state index in [4.69, 9.17) is 0 Å². The van der Waals surface area contributed by atoms with Crippen LogP contribution in [0.3, 0.4) is 0 Å². The molecule has 1 aliphatic rings. The molecule has 0 fully saturated rings. The molecule has 0 saturated heterocycles. The number of benzene rings is 1. The Labute approximate surface area is 186 Å². The highest BCUT2D eigenvalue weighted by Crippen LogP contribution is 2.44. The van der Waals surface area contributed by atoms with Gasteiger partial charge in [0, 0.05) is 6.08 Å². The van der Waals surface area contributed by atoms with E-state index in [1.165, 1.54) is 0 Å². The molecule has 2 rings (SSSR count). The van der Waals surface area contributed by atoms with Gasteiger partial charge in [-0.2, -0.15) is 35.1 Å². The Balaban J connectivity index is 2.60. The molecule has 1 amide bonds. The maximum absolute atomic E-state index is 13.7. The van der Waals surface area contributed by atoms with Crippen molar-refractivity contribution in [3.05, 3.63) is 41.2 Å². The number of nitrogens with one attached hydrogen (secondary N) is 1. The third-order valence-corrected chi connectivity index (χ3v) is 6.42. The fraction of sp³-hybridized carbons (Fsp3) is 0.444. The summed E-state index contributed by atoms with van der Waals surface area (Å²) in [6.45, 7) is -0.241. The van der Waals surface area contributed by atoms with E-state index in [-0.39, 0.29) is 12.1 Å². The van der Waals surface area contributed by atoms with Crippen LogP contribution in [0.15, 0.2) is 34.9 Å². The summed E-state index contributed by atoms with van der Waals surface area (Å²) in [4.78, 5) is 23.9. The average Bonchev–Trinajstić information content (AvgIpc) is 3.17. The number of halogens is 8. The van der Waals surface area contributed by atoms with Gasteiger partial charge in [-0.05, 0) is 18.2 Å². The van der Waals surface area contributed by atoms with Gasteiger partial charge in [-0.3, -0.25) is 4.79 Å². The van der Waals surface area contributed by atoms with Gasteiger partial charge in [0.1, 0.15) is 6.61 Å². The molecular formula is C18H15F8NO6S. The molecule has 0 radical (unpaired) electrons. The van der Waals surface area contributed by atoms with E-state index in [1.807, 2.05) is 0 Å². The predicted octanol–water partition coefficient (Wildman–Crippen LogP) is 3.25. The summed E-state index contributed by atoms with van der Waals surface area (Å²) < 4.78 is 138. The quantitative estimate of drug-likeness (QED) is 0.453. The number of ether oxygens (including phenoxy) is 2. The summed E-state index contributed by atoms with van der Waals surface area (Å²) >= 11 is 0. The van der Waals surface area contributed by atoms with Gasteiger partial charge in [-0.1, -0.05) is 6.92 Å². The van der Waals surface area contributed by atoms with Gasteiger partial charge in [-0.25, -0.2) is 13.2 Å². The van der Waals surface area contributed by atoms with Gasteiger partial charge in [0.05, 0.1) is 28.9 Å². The molecule has 0 aliphatic carbocycles. The first-order valence-electron chi connectivity index (χ1n) is 8.98. The molecule has 1 unspecified atom stereocenters. The lowest BCUT2D eigenvalue weighted by Gasteiger charge is -2.24. The number of hydrogen-bond acceptors (Lipinski definition) is 6. The summed E-state index contributed by atoms with van der Waals surface area (Å²) in [5.74, 6) is -11.5. The first-order valence-corrected chi connectivity index (χ1v) is 10.6. The SMILES string of the molecule is CCS(=O)(=O)c1cc(C(F)(F)F)ccc1C(=O)NC1(C(=O)OC)C=C(C(F)(F)C(F)(F)F)OC1. The minimum Gasteiger partial charge on any atom is -0.488 e. The molecule has 0 aromatic heterocycles. The molecule has 0 spiro atoms. The second-order valence-electron chi connectivity index (χ2n) is 6.90. The third-order valence-electron chi connectivity index (χ3n) is 4.65. The zero-order valence-corrected chi connectivity index (χ0v) is 17.9. The van der Waals surface area contributed by atoms with Crippen LogP contribution in [-0.2, 0) is 30.3 Å². The second-order valence-corrected chi connectivity index (χ2v) is 9.15. The van der Waals surface area contributed by atoms with E-state index in [2.05, 4.69) is 9.47 Å². The van der Waals surface area contributed by atoms with Crippen LogP contribution in [0.5, 0.6) is 0 Å². The molecule has 1 N–H and O–H groups in total. The van der Waals surface area contributed by atoms with Crippen LogP contribution in [0.1, 0.15) is 22.8 Å². The number of allylic oxidation sites excluding steroid dienone is 1. The Hall–Kier alpha value is -2.91. The largest absolute Gasteiger partial charge is 0.488 e. The van der Waals surface area contributed by atoms with Crippen LogP contribution in [0.25, 0.3) is 0 Å². The van der Waals surface area contributed by atoms with Gasteiger partial charge in [0.25, 0.3) is 5.91 Å². The highest BCUT2D eigenvalue weighted by atomic mass is 32.2. The Morgan fingerprint density at radius 3 is 2.18 bits per heavy atom. The van der Waals surface area contributed by atoms with E-state index in [9.17, 15) is 53.1 Å². The molecule has 0 bridgehead atoms. The number of hydrogen-bond donors (Lipinski definition) is 1. The number of carbonyl (C=O) groups excluding carboxylic acids is 2. The fourth-order valence-electron chi connectivity index (χ4n) is 2.81. The molecule has 1 aromatic rings. The molecule has 16 heteroatoms. The predicted molar refractivity (Wildman–Crippen MR) is 96.4 cm³/mol. The van der Waals surface area contributed by atoms with E-state index < -0.39 is 79.7 Å². The summed E-state index contributed by atoms with van der Waals surface area (Å²) in [6.07, 6.45) is -11.2. The van der Waals surface area contributed by atoms with Gasteiger partial charge in [0.2, 0.25) is 0 Å². The van der Waals surface area contributed by atoms with Crippen molar-refractivity contribution in [2.24, 2.45) is 0 Å². The molecule has 1 aromatic carbocycles.